The van der Waals surface area contributed by atoms with Crippen LogP contribution in [0.3, 0.4) is 0 Å². The van der Waals surface area contributed by atoms with Crippen molar-refractivity contribution >= 4 is 0 Å². The molecule has 3 heteroatoms. The van der Waals surface area contributed by atoms with Gasteiger partial charge in [-0.3, -0.25) is 0 Å². The predicted molar refractivity (Wildman–Crippen MR) is 67.0 cm³/mol. The van der Waals surface area contributed by atoms with Gasteiger partial charge in [-0.05, 0) is 50.9 Å². The Bertz CT molecular complexity index is 388. The molecule has 0 saturated carbocycles. The number of rotatable bonds is 6. The molecule has 17 heavy (non-hydrogen) atoms. The first kappa shape index (κ1) is 13.8. The van der Waals surface area contributed by atoms with Gasteiger partial charge in [0.2, 0.25) is 0 Å². The van der Waals surface area contributed by atoms with Gasteiger partial charge >= 0.3 is 0 Å². The van der Waals surface area contributed by atoms with Crippen LogP contribution in [-0.4, -0.2) is 13.1 Å². The van der Waals surface area contributed by atoms with Crippen LogP contribution in [-0.2, 0) is 6.42 Å². The molecule has 0 heterocycles. The van der Waals surface area contributed by atoms with Gasteiger partial charge in [-0.25, -0.2) is 8.78 Å². The van der Waals surface area contributed by atoms with Crippen molar-refractivity contribution in [3.05, 3.63) is 47.5 Å². The molecule has 0 radical (unpaired) electrons. The lowest BCUT2D eigenvalue weighted by Crippen LogP contribution is -2.27. The smallest absolute Gasteiger partial charge is 0.159 e. The molecule has 0 spiro atoms. The third kappa shape index (κ3) is 4.65. The van der Waals surface area contributed by atoms with Gasteiger partial charge in [0.25, 0.3) is 0 Å². The van der Waals surface area contributed by atoms with Crippen molar-refractivity contribution < 1.29 is 8.78 Å². The maximum atomic E-state index is 13.0. The van der Waals surface area contributed by atoms with Crippen LogP contribution >= 0.6 is 0 Å². The van der Waals surface area contributed by atoms with Gasteiger partial charge in [0, 0.05) is 6.04 Å². The largest absolute Gasteiger partial charge is 0.317 e. The van der Waals surface area contributed by atoms with E-state index in [4.69, 9.17) is 0 Å². The average Bonchev–Trinajstić information content (AvgIpc) is 2.28. The number of allylic oxidation sites excluding steroid dienone is 1. The minimum absolute atomic E-state index is 0.261. The van der Waals surface area contributed by atoms with E-state index in [1.807, 2.05) is 14.0 Å². The summed E-state index contributed by atoms with van der Waals surface area (Å²) in [6, 6.07) is 4.33. The number of hydrogen-bond donors (Lipinski definition) is 1. The predicted octanol–water partition coefficient (Wildman–Crippen LogP) is 3.45. The standard InChI is InChI=1S/C14H19F2N/c1-10(2)4-6-12(17-3)8-11-5-7-13(15)14(16)9-11/h5,7,9,12,17H,1,4,6,8H2,2-3H3. The van der Waals surface area contributed by atoms with Crippen molar-refractivity contribution in [2.45, 2.75) is 32.2 Å². The Morgan fingerprint density at radius 3 is 2.59 bits per heavy atom. The van der Waals surface area contributed by atoms with Crippen molar-refractivity contribution in [2.75, 3.05) is 7.05 Å². The maximum Gasteiger partial charge on any atom is 0.159 e. The second-order valence-corrected chi connectivity index (χ2v) is 4.43. The molecule has 94 valence electrons. The van der Waals surface area contributed by atoms with Gasteiger partial charge in [0.15, 0.2) is 11.6 Å². The van der Waals surface area contributed by atoms with Gasteiger partial charge in [0.05, 0.1) is 0 Å². The quantitative estimate of drug-likeness (QED) is 0.750. The summed E-state index contributed by atoms with van der Waals surface area (Å²) in [5.41, 5.74) is 1.94. The Morgan fingerprint density at radius 2 is 2.06 bits per heavy atom. The Labute approximate surface area is 102 Å². The summed E-state index contributed by atoms with van der Waals surface area (Å²) in [6.45, 7) is 5.85. The third-order valence-corrected chi connectivity index (χ3v) is 2.79. The number of benzene rings is 1. The van der Waals surface area contributed by atoms with Crippen LogP contribution < -0.4 is 5.32 Å². The molecule has 1 atom stereocenters. The molecule has 0 amide bonds. The maximum absolute atomic E-state index is 13.0. The first-order valence-corrected chi connectivity index (χ1v) is 5.78. The monoisotopic (exact) mass is 239 g/mol. The summed E-state index contributed by atoms with van der Waals surface area (Å²) in [4.78, 5) is 0. The van der Waals surface area contributed by atoms with Crippen LogP contribution in [0.5, 0.6) is 0 Å². The highest BCUT2D eigenvalue weighted by Gasteiger charge is 2.09. The van der Waals surface area contributed by atoms with E-state index in [1.54, 1.807) is 6.07 Å². The molecule has 0 aliphatic carbocycles. The highest BCUT2D eigenvalue weighted by Crippen LogP contribution is 2.13. The van der Waals surface area contributed by atoms with Crippen LogP contribution in [0.1, 0.15) is 25.3 Å². The normalized spacial score (nSPS) is 12.5. The van der Waals surface area contributed by atoms with Crippen LogP contribution in [0.25, 0.3) is 0 Å². The lowest BCUT2D eigenvalue weighted by atomic mass is 10.00. The number of nitrogens with one attached hydrogen (secondary N) is 1. The van der Waals surface area contributed by atoms with E-state index in [9.17, 15) is 8.78 Å². The molecule has 1 nitrogen and oxygen atoms in total. The lowest BCUT2D eigenvalue weighted by Gasteiger charge is -2.16. The van der Waals surface area contributed by atoms with E-state index in [0.29, 0.717) is 6.42 Å². The zero-order chi connectivity index (χ0) is 12.8. The average molecular weight is 239 g/mol. The highest BCUT2D eigenvalue weighted by molar-refractivity contribution is 5.18. The summed E-state index contributed by atoms with van der Waals surface area (Å²) < 4.78 is 25.8. The second kappa shape index (κ2) is 6.50. The minimum atomic E-state index is -0.795. The number of hydrogen-bond acceptors (Lipinski definition) is 1. The van der Waals surface area contributed by atoms with Crippen LogP contribution in [0.2, 0.25) is 0 Å². The van der Waals surface area contributed by atoms with Crippen molar-refractivity contribution in [2.24, 2.45) is 0 Å². The van der Waals surface area contributed by atoms with Gasteiger partial charge < -0.3 is 5.32 Å². The molecular formula is C14H19F2N. The van der Waals surface area contributed by atoms with Gasteiger partial charge in [0.1, 0.15) is 0 Å². The summed E-state index contributed by atoms with van der Waals surface area (Å²) in [5.74, 6) is -1.58. The zero-order valence-corrected chi connectivity index (χ0v) is 10.4. The Balaban J connectivity index is 2.60. The Morgan fingerprint density at radius 1 is 1.35 bits per heavy atom. The molecular weight excluding hydrogens is 220 g/mol. The molecule has 0 aliphatic heterocycles. The van der Waals surface area contributed by atoms with Crippen LogP contribution in [0.4, 0.5) is 8.78 Å². The summed E-state index contributed by atoms with van der Waals surface area (Å²) in [5, 5.41) is 3.18. The molecule has 0 aliphatic rings. The highest BCUT2D eigenvalue weighted by atomic mass is 19.2. The fourth-order valence-corrected chi connectivity index (χ4v) is 1.72. The van der Waals surface area contributed by atoms with Gasteiger partial charge in [-0.15, -0.1) is 6.58 Å². The van der Waals surface area contributed by atoms with E-state index in [2.05, 4.69) is 11.9 Å². The summed E-state index contributed by atoms with van der Waals surface area (Å²) in [6.07, 6.45) is 2.58. The topological polar surface area (TPSA) is 12.0 Å². The summed E-state index contributed by atoms with van der Waals surface area (Å²) >= 11 is 0. The fraction of sp³-hybridized carbons (Fsp3) is 0.429. The van der Waals surface area contributed by atoms with E-state index < -0.39 is 11.6 Å². The Hall–Kier alpha value is -1.22. The Kier molecular flexibility index (Phi) is 5.29. The molecule has 0 bridgehead atoms. The van der Waals surface area contributed by atoms with E-state index in [-0.39, 0.29) is 6.04 Å². The molecule has 1 aromatic carbocycles. The van der Waals surface area contributed by atoms with Crippen molar-refractivity contribution in [3.8, 4) is 0 Å². The lowest BCUT2D eigenvalue weighted by molar-refractivity contribution is 0.497. The SMILES string of the molecule is C=C(C)CCC(Cc1ccc(F)c(F)c1)NC. The van der Waals surface area contributed by atoms with Crippen LogP contribution in [0, 0.1) is 11.6 Å². The van der Waals surface area contributed by atoms with Crippen molar-refractivity contribution in [1.82, 2.24) is 5.32 Å². The van der Waals surface area contributed by atoms with Crippen molar-refractivity contribution in [1.29, 1.82) is 0 Å². The number of halogens is 2. The number of likely N-dealkylation sites (N-methyl/N-ethyl adjacent to an activating group) is 1. The molecule has 1 unspecified atom stereocenters. The molecule has 1 rings (SSSR count). The molecule has 0 saturated heterocycles. The molecule has 0 aromatic heterocycles. The third-order valence-electron chi connectivity index (χ3n) is 2.79. The first-order chi connectivity index (χ1) is 8.02. The molecule has 1 N–H and O–H groups in total. The molecule has 1 aromatic rings. The second-order valence-electron chi connectivity index (χ2n) is 4.43. The van der Waals surface area contributed by atoms with E-state index >= 15 is 0 Å². The van der Waals surface area contributed by atoms with Crippen LogP contribution in [0.15, 0.2) is 30.4 Å². The zero-order valence-electron chi connectivity index (χ0n) is 10.4. The van der Waals surface area contributed by atoms with Gasteiger partial charge in [-0.1, -0.05) is 11.6 Å². The van der Waals surface area contributed by atoms with E-state index in [0.717, 1.165) is 24.0 Å². The molecule has 0 fully saturated rings. The van der Waals surface area contributed by atoms with E-state index in [1.165, 1.54) is 12.1 Å². The fourth-order valence-electron chi connectivity index (χ4n) is 1.72. The minimum Gasteiger partial charge on any atom is -0.317 e. The summed E-state index contributed by atoms with van der Waals surface area (Å²) in [7, 11) is 1.88. The van der Waals surface area contributed by atoms with Crippen molar-refractivity contribution in [3.63, 3.8) is 0 Å². The van der Waals surface area contributed by atoms with Gasteiger partial charge in [-0.2, -0.15) is 0 Å². The first-order valence-electron chi connectivity index (χ1n) is 5.78.